The van der Waals surface area contributed by atoms with Crippen LogP contribution in [0.5, 0.6) is 0 Å². The average Bonchev–Trinajstić information content (AvgIpc) is 3.22. The van der Waals surface area contributed by atoms with Crippen molar-refractivity contribution in [3.8, 4) is 0 Å². The van der Waals surface area contributed by atoms with Crippen molar-refractivity contribution < 1.29 is 28.6 Å². The van der Waals surface area contributed by atoms with Crippen LogP contribution >= 0.6 is 0 Å². The Hall–Kier alpha value is -4.19. The molecule has 0 aliphatic heterocycles. The van der Waals surface area contributed by atoms with Crippen LogP contribution in [0.2, 0.25) is 0 Å². The van der Waals surface area contributed by atoms with Gasteiger partial charge in [0.15, 0.2) is 6.10 Å². The van der Waals surface area contributed by atoms with E-state index in [2.05, 4.69) is 112 Å². The number of hydrogen-bond acceptors (Lipinski definition) is 6. The van der Waals surface area contributed by atoms with Crippen LogP contribution in [0, 0.1) is 0 Å². The lowest BCUT2D eigenvalue weighted by Crippen LogP contribution is -2.30. The molecule has 0 heterocycles. The number of carbonyl (C=O) groups is 3. The van der Waals surface area contributed by atoms with Gasteiger partial charge in [-0.1, -0.05) is 181 Å². The van der Waals surface area contributed by atoms with E-state index >= 15 is 0 Å². The van der Waals surface area contributed by atoms with Crippen LogP contribution < -0.4 is 0 Å². The second-order valence-electron chi connectivity index (χ2n) is 14.3. The summed E-state index contributed by atoms with van der Waals surface area (Å²) >= 11 is 0. The zero-order valence-electron chi connectivity index (χ0n) is 36.8. The lowest BCUT2D eigenvalue weighted by molar-refractivity contribution is -0.167. The van der Waals surface area contributed by atoms with Crippen LogP contribution in [0.15, 0.2) is 122 Å². The Kier molecular flexibility index (Phi) is 42.2. The Morgan fingerprint density at radius 1 is 0.362 bits per heavy atom. The summed E-state index contributed by atoms with van der Waals surface area (Å²) < 4.78 is 16.6. The second-order valence-corrected chi connectivity index (χ2v) is 14.3. The van der Waals surface area contributed by atoms with Gasteiger partial charge >= 0.3 is 17.9 Å². The van der Waals surface area contributed by atoms with Gasteiger partial charge in [-0.25, -0.2) is 0 Å². The molecule has 0 rings (SSSR count). The molecule has 0 aliphatic rings. The molecule has 0 aromatic heterocycles. The first-order valence-electron chi connectivity index (χ1n) is 22.6. The number of rotatable bonds is 38. The van der Waals surface area contributed by atoms with Crippen LogP contribution in [-0.4, -0.2) is 37.2 Å². The smallest absolute Gasteiger partial charge is 0.306 e. The molecule has 0 aliphatic carbocycles. The molecular formula is C52H80O6. The van der Waals surface area contributed by atoms with E-state index in [1.165, 1.54) is 0 Å². The Morgan fingerprint density at radius 2 is 0.707 bits per heavy atom. The van der Waals surface area contributed by atoms with Gasteiger partial charge < -0.3 is 14.2 Å². The summed E-state index contributed by atoms with van der Waals surface area (Å²) in [5.41, 5.74) is 0. The Morgan fingerprint density at radius 3 is 1.21 bits per heavy atom. The molecule has 1 unspecified atom stereocenters. The van der Waals surface area contributed by atoms with Crippen LogP contribution in [0.4, 0.5) is 0 Å². The molecule has 58 heavy (non-hydrogen) atoms. The second kappa shape index (κ2) is 45.5. The maximum absolute atomic E-state index is 12.7. The number of carbonyl (C=O) groups excluding carboxylic acids is 3. The minimum atomic E-state index is -0.816. The molecule has 0 saturated heterocycles. The number of allylic oxidation sites excluding steroid dienone is 20. The van der Waals surface area contributed by atoms with Gasteiger partial charge in [-0.15, -0.1) is 0 Å². The summed E-state index contributed by atoms with van der Waals surface area (Å²) in [7, 11) is 0. The van der Waals surface area contributed by atoms with Gasteiger partial charge in [-0.05, 0) is 89.9 Å². The Balaban J connectivity index is 4.54. The zero-order valence-corrected chi connectivity index (χ0v) is 36.8. The lowest BCUT2D eigenvalue weighted by atomic mass is 10.1. The highest BCUT2D eigenvalue weighted by atomic mass is 16.6. The Labute approximate surface area is 354 Å². The summed E-state index contributed by atoms with van der Waals surface area (Å²) in [5.74, 6) is -1.01. The highest BCUT2D eigenvalue weighted by molar-refractivity contribution is 5.71. The minimum absolute atomic E-state index is 0.115. The third kappa shape index (κ3) is 42.9. The maximum Gasteiger partial charge on any atom is 0.306 e. The quantitative estimate of drug-likeness (QED) is 0.0203. The van der Waals surface area contributed by atoms with Crippen LogP contribution in [-0.2, 0) is 28.6 Å². The van der Waals surface area contributed by atoms with Crippen LogP contribution in [0.1, 0.15) is 168 Å². The van der Waals surface area contributed by atoms with E-state index in [-0.39, 0.29) is 37.5 Å². The van der Waals surface area contributed by atoms with Crippen molar-refractivity contribution >= 4 is 17.9 Å². The van der Waals surface area contributed by atoms with Crippen molar-refractivity contribution in [2.24, 2.45) is 0 Å². The summed E-state index contributed by atoms with van der Waals surface area (Å²) in [5, 5.41) is 0. The molecule has 0 spiro atoms. The van der Waals surface area contributed by atoms with Crippen LogP contribution in [0.3, 0.4) is 0 Å². The fraction of sp³-hybridized carbons (Fsp3) is 0.558. The lowest BCUT2D eigenvalue weighted by Gasteiger charge is -2.18. The van der Waals surface area contributed by atoms with E-state index in [0.29, 0.717) is 19.3 Å². The zero-order chi connectivity index (χ0) is 42.3. The van der Waals surface area contributed by atoms with Gasteiger partial charge in [0.05, 0.1) is 0 Å². The van der Waals surface area contributed by atoms with Gasteiger partial charge in [0.2, 0.25) is 0 Å². The maximum atomic E-state index is 12.7. The Bertz CT molecular complexity index is 1290. The third-order valence-electron chi connectivity index (χ3n) is 8.85. The molecule has 0 saturated carbocycles. The average molecular weight is 801 g/mol. The molecule has 0 aromatic carbocycles. The van der Waals surface area contributed by atoms with Gasteiger partial charge in [-0.3, -0.25) is 14.4 Å². The number of esters is 3. The van der Waals surface area contributed by atoms with Crippen molar-refractivity contribution in [3.63, 3.8) is 0 Å². The molecule has 0 N–H and O–H groups in total. The van der Waals surface area contributed by atoms with E-state index in [1.54, 1.807) is 0 Å². The van der Waals surface area contributed by atoms with Crippen molar-refractivity contribution in [1.82, 2.24) is 0 Å². The molecule has 0 bridgehead atoms. The summed E-state index contributed by atoms with van der Waals surface area (Å²) in [4.78, 5) is 37.8. The molecule has 324 valence electrons. The third-order valence-corrected chi connectivity index (χ3v) is 8.85. The highest BCUT2D eigenvalue weighted by Crippen LogP contribution is 2.12. The normalized spacial score (nSPS) is 13.2. The first-order chi connectivity index (χ1) is 28.5. The van der Waals surface area contributed by atoms with Gasteiger partial charge in [0, 0.05) is 19.3 Å². The predicted octanol–water partition coefficient (Wildman–Crippen LogP) is 14.6. The van der Waals surface area contributed by atoms with Crippen molar-refractivity contribution in [2.75, 3.05) is 13.2 Å². The first-order valence-corrected chi connectivity index (χ1v) is 22.6. The van der Waals surface area contributed by atoms with E-state index in [4.69, 9.17) is 14.2 Å². The fourth-order valence-corrected chi connectivity index (χ4v) is 5.52. The van der Waals surface area contributed by atoms with Gasteiger partial charge in [0.25, 0.3) is 0 Å². The molecule has 1 atom stereocenters. The van der Waals surface area contributed by atoms with Gasteiger partial charge in [0.1, 0.15) is 13.2 Å². The number of hydrogen-bond donors (Lipinski definition) is 0. The molecule has 0 fully saturated rings. The standard InChI is InChI=1S/C52H80O6/c1-4-7-10-13-16-19-22-25-26-28-30-33-36-39-42-45-51(54)57-48-49(47-56-50(53)44-41-38-35-32-29-24-21-18-15-12-9-6-3)58-52(55)46-43-40-37-34-31-27-23-20-17-14-11-8-5-2/h7-14,16-23,25-26,29,32,49H,4-6,15,24,27-28,30-31,33-48H2,1-3H3/b10-7-,11-8-,12-9-,16-13-,17-14-,21-18-,22-19-,23-20-,26-25-,32-29-. The van der Waals surface area contributed by atoms with Crippen molar-refractivity contribution in [2.45, 2.75) is 175 Å². The molecule has 0 amide bonds. The van der Waals surface area contributed by atoms with Crippen molar-refractivity contribution in [1.29, 1.82) is 0 Å². The SMILES string of the molecule is CC\C=C/C=C\C=C/C=C\CCCCCCCC(=O)OCC(COC(=O)CCCC/C=C\C/C=C\C/C=C\CC)OC(=O)CCCCCCC\C=C/C=C\C=C/CC. The monoisotopic (exact) mass is 801 g/mol. The number of ether oxygens (including phenoxy) is 3. The predicted molar refractivity (Wildman–Crippen MR) is 246 cm³/mol. The van der Waals surface area contributed by atoms with E-state index in [1.807, 2.05) is 30.4 Å². The van der Waals surface area contributed by atoms with Crippen molar-refractivity contribution in [3.05, 3.63) is 122 Å². The first kappa shape index (κ1) is 53.8. The number of unbranched alkanes of at least 4 members (excludes halogenated alkanes) is 12. The topological polar surface area (TPSA) is 78.9 Å². The molecule has 0 radical (unpaired) electrons. The molecular weight excluding hydrogens is 721 g/mol. The van der Waals surface area contributed by atoms with Gasteiger partial charge in [-0.2, -0.15) is 0 Å². The van der Waals surface area contributed by atoms with Crippen LogP contribution in [0.25, 0.3) is 0 Å². The van der Waals surface area contributed by atoms with E-state index in [9.17, 15) is 14.4 Å². The largest absolute Gasteiger partial charge is 0.462 e. The highest BCUT2D eigenvalue weighted by Gasteiger charge is 2.19. The van der Waals surface area contributed by atoms with E-state index < -0.39 is 6.10 Å². The fourth-order valence-electron chi connectivity index (χ4n) is 5.52. The molecule has 6 heteroatoms. The van der Waals surface area contributed by atoms with E-state index in [0.717, 1.165) is 122 Å². The summed E-state index contributed by atoms with van der Waals surface area (Å²) in [6.45, 7) is 6.14. The molecule has 6 nitrogen and oxygen atoms in total. The summed E-state index contributed by atoms with van der Waals surface area (Å²) in [6.07, 6.45) is 61.8. The minimum Gasteiger partial charge on any atom is -0.462 e. The summed E-state index contributed by atoms with van der Waals surface area (Å²) in [6, 6.07) is 0. The molecule has 0 aromatic rings.